The molecule has 0 saturated heterocycles. The summed E-state index contributed by atoms with van der Waals surface area (Å²) < 4.78 is 1.62. The zero-order valence-corrected chi connectivity index (χ0v) is 9.64. The minimum Gasteiger partial charge on any atom is -0.361 e. The van der Waals surface area contributed by atoms with E-state index in [1.54, 1.807) is 11.6 Å². The molecule has 0 atom stereocenters. The maximum Gasteiger partial charge on any atom is 0.406 e. The largest absolute Gasteiger partial charge is 0.406 e. The molecular weight excluding hydrogens is 222 g/mol. The van der Waals surface area contributed by atoms with Gasteiger partial charge in [-0.1, -0.05) is 11.6 Å². The van der Waals surface area contributed by atoms with Crippen LogP contribution in [0.1, 0.15) is 6.42 Å². The molecule has 1 aromatic rings. The summed E-state index contributed by atoms with van der Waals surface area (Å²) in [6.07, 6.45) is 4.52. The van der Waals surface area contributed by atoms with Crippen LogP contribution in [0.4, 0.5) is 11.6 Å². The minimum atomic E-state index is -0.473. The van der Waals surface area contributed by atoms with Crippen molar-refractivity contribution in [1.82, 2.24) is 14.9 Å². The predicted octanol–water partition coefficient (Wildman–Crippen LogP) is 0.660. The first-order valence-corrected chi connectivity index (χ1v) is 5.46. The van der Waals surface area contributed by atoms with Gasteiger partial charge in [-0.15, -0.1) is 0 Å². The SMILES string of the molecule is Cn1cnc([N+](=O)[O-])c1NCC1=CCNCC1. The Bertz CT molecular complexity index is 452. The Morgan fingerprint density at radius 2 is 2.53 bits per heavy atom. The topological polar surface area (TPSA) is 85.0 Å². The maximum absolute atomic E-state index is 10.8. The summed E-state index contributed by atoms with van der Waals surface area (Å²) >= 11 is 0. The molecule has 0 fully saturated rings. The highest BCUT2D eigenvalue weighted by Gasteiger charge is 2.19. The lowest BCUT2D eigenvalue weighted by Crippen LogP contribution is -2.23. The zero-order valence-electron chi connectivity index (χ0n) is 9.64. The van der Waals surface area contributed by atoms with Crippen LogP contribution in [-0.2, 0) is 7.05 Å². The van der Waals surface area contributed by atoms with E-state index in [9.17, 15) is 10.1 Å². The molecule has 0 aliphatic carbocycles. The summed E-state index contributed by atoms with van der Waals surface area (Å²) in [7, 11) is 1.74. The van der Waals surface area contributed by atoms with Gasteiger partial charge in [0, 0.05) is 20.1 Å². The average molecular weight is 237 g/mol. The van der Waals surface area contributed by atoms with Gasteiger partial charge < -0.3 is 20.7 Å². The summed E-state index contributed by atoms with van der Waals surface area (Å²) in [4.78, 5) is 14.0. The second-order valence-corrected chi connectivity index (χ2v) is 3.95. The monoisotopic (exact) mass is 237 g/mol. The molecule has 2 rings (SSSR count). The highest BCUT2D eigenvalue weighted by molar-refractivity contribution is 5.52. The Morgan fingerprint density at radius 3 is 3.18 bits per heavy atom. The molecule has 0 unspecified atom stereocenters. The summed E-state index contributed by atoms with van der Waals surface area (Å²) in [5.74, 6) is 0.330. The lowest BCUT2D eigenvalue weighted by molar-refractivity contribution is -0.388. The van der Waals surface area contributed by atoms with Gasteiger partial charge in [-0.3, -0.25) is 4.57 Å². The van der Waals surface area contributed by atoms with Crippen molar-refractivity contribution in [2.75, 3.05) is 25.0 Å². The highest BCUT2D eigenvalue weighted by atomic mass is 16.6. The number of nitrogens with one attached hydrogen (secondary N) is 2. The summed E-state index contributed by atoms with van der Waals surface area (Å²) in [6.45, 7) is 2.45. The third-order valence-corrected chi connectivity index (χ3v) is 2.73. The van der Waals surface area contributed by atoms with Gasteiger partial charge in [0.05, 0.1) is 0 Å². The first kappa shape index (κ1) is 11.6. The smallest absolute Gasteiger partial charge is 0.361 e. The third kappa shape index (κ3) is 2.62. The Hall–Kier alpha value is -1.89. The molecule has 0 radical (unpaired) electrons. The van der Waals surface area contributed by atoms with Crippen LogP contribution in [0, 0.1) is 10.1 Å². The predicted molar refractivity (Wildman–Crippen MR) is 63.9 cm³/mol. The number of anilines is 1. The second kappa shape index (κ2) is 4.96. The van der Waals surface area contributed by atoms with Crippen LogP contribution >= 0.6 is 0 Å². The molecule has 1 aliphatic rings. The molecule has 92 valence electrons. The Kier molecular flexibility index (Phi) is 3.38. The van der Waals surface area contributed by atoms with E-state index in [1.165, 1.54) is 11.9 Å². The number of nitro groups is 1. The summed E-state index contributed by atoms with van der Waals surface area (Å²) in [5, 5.41) is 17.0. The maximum atomic E-state index is 10.8. The molecule has 2 N–H and O–H groups in total. The van der Waals surface area contributed by atoms with E-state index in [4.69, 9.17) is 0 Å². The van der Waals surface area contributed by atoms with E-state index in [0.717, 1.165) is 19.5 Å². The van der Waals surface area contributed by atoms with Crippen molar-refractivity contribution in [2.24, 2.45) is 7.05 Å². The van der Waals surface area contributed by atoms with Gasteiger partial charge in [-0.25, -0.2) is 0 Å². The first-order valence-electron chi connectivity index (χ1n) is 5.46. The number of rotatable bonds is 4. The quantitative estimate of drug-likeness (QED) is 0.456. The fourth-order valence-corrected chi connectivity index (χ4v) is 1.78. The van der Waals surface area contributed by atoms with Crippen LogP contribution in [0.2, 0.25) is 0 Å². The third-order valence-electron chi connectivity index (χ3n) is 2.73. The Labute approximate surface area is 98.7 Å². The van der Waals surface area contributed by atoms with Crippen LogP contribution in [0.15, 0.2) is 18.0 Å². The number of aromatic nitrogens is 2. The van der Waals surface area contributed by atoms with E-state index in [0.29, 0.717) is 12.4 Å². The molecule has 0 bridgehead atoms. The lowest BCUT2D eigenvalue weighted by atomic mass is 10.1. The van der Waals surface area contributed by atoms with Crippen LogP contribution in [-0.4, -0.2) is 34.1 Å². The normalized spacial score (nSPS) is 15.5. The van der Waals surface area contributed by atoms with Crippen LogP contribution < -0.4 is 10.6 Å². The molecule has 7 heteroatoms. The van der Waals surface area contributed by atoms with Crippen molar-refractivity contribution < 1.29 is 4.92 Å². The van der Waals surface area contributed by atoms with Crippen molar-refractivity contribution in [1.29, 1.82) is 0 Å². The van der Waals surface area contributed by atoms with E-state index < -0.39 is 4.92 Å². The van der Waals surface area contributed by atoms with Crippen LogP contribution in [0.25, 0.3) is 0 Å². The standard InChI is InChI=1S/C10H15N5O2/c1-14-7-13-10(15(16)17)9(14)12-6-8-2-4-11-5-3-8/h2,7,11-12H,3-6H2,1H3. The number of aryl methyl sites for hydroxylation is 1. The van der Waals surface area contributed by atoms with E-state index >= 15 is 0 Å². The van der Waals surface area contributed by atoms with Crippen molar-refractivity contribution in [3.8, 4) is 0 Å². The van der Waals surface area contributed by atoms with Crippen molar-refractivity contribution in [3.63, 3.8) is 0 Å². The first-order chi connectivity index (χ1) is 8.18. The number of nitrogens with zero attached hydrogens (tertiary/aromatic N) is 3. The van der Waals surface area contributed by atoms with Gasteiger partial charge in [0.1, 0.15) is 0 Å². The number of imidazole rings is 1. The molecule has 0 aromatic carbocycles. The molecular formula is C10H15N5O2. The van der Waals surface area contributed by atoms with Gasteiger partial charge >= 0.3 is 5.82 Å². The summed E-state index contributed by atoms with van der Waals surface area (Å²) in [5.41, 5.74) is 1.26. The molecule has 2 heterocycles. The molecule has 7 nitrogen and oxygen atoms in total. The summed E-state index contributed by atoms with van der Waals surface area (Å²) in [6, 6.07) is 0. The zero-order chi connectivity index (χ0) is 12.3. The second-order valence-electron chi connectivity index (χ2n) is 3.95. The van der Waals surface area contributed by atoms with Crippen LogP contribution in [0.5, 0.6) is 0 Å². The van der Waals surface area contributed by atoms with E-state index in [2.05, 4.69) is 21.7 Å². The molecule has 1 aliphatic heterocycles. The van der Waals surface area contributed by atoms with Gasteiger partial charge in [-0.2, -0.15) is 0 Å². The average Bonchev–Trinajstić information content (AvgIpc) is 2.69. The minimum absolute atomic E-state index is 0.123. The molecule has 0 saturated carbocycles. The van der Waals surface area contributed by atoms with E-state index in [-0.39, 0.29) is 5.82 Å². The lowest BCUT2D eigenvalue weighted by Gasteiger charge is -2.14. The molecule has 0 spiro atoms. The highest BCUT2D eigenvalue weighted by Crippen LogP contribution is 2.21. The molecule has 17 heavy (non-hydrogen) atoms. The number of hydrogen-bond acceptors (Lipinski definition) is 5. The fraction of sp³-hybridized carbons (Fsp3) is 0.500. The van der Waals surface area contributed by atoms with Crippen molar-refractivity contribution >= 4 is 11.6 Å². The Balaban J connectivity index is 2.05. The molecule has 1 aromatic heterocycles. The van der Waals surface area contributed by atoms with Crippen LogP contribution in [0.3, 0.4) is 0 Å². The van der Waals surface area contributed by atoms with Gasteiger partial charge in [0.25, 0.3) is 0 Å². The van der Waals surface area contributed by atoms with E-state index in [1.807, 2.05) is 0 Å². The van der Waals surface area contributed by atoms with Crippen molar-refractivity contribution in [3.05, 3.63) is 28.1 Å². The van der Waals surface area contributed by atoms with Gasteiger partial charge in [0.15, 0.2) is 0 Å². The van der Waals surface area contributed by atoms with Crippen molar-refractivity contribution in [2.45, 2.75) is 6.42 Å². The van der Waals surface area contributed by atoms with Gasteiger partial charge in [-0.05, 0) is 22.9 Å². The Morgan fingerprint density at radius 1 is 1.71 bits per heavy atom. The molecule has 0 amide bonds. The van der Waals surface area contributed by atoms with Gasteiger partial charge in [0.2, 0.25) is 12.1 Å². The number of hydrogen-bond donors (Lipinski definition) is 2. The fourth-order valence-electron chi connectivity index (χ4n) is 1.78.